The van der Waals surface area contributed by atoms with Crippen molar-refractivity contribution < 1.29 is 40.5 Å². The lowest BCUT2D eigenvalue weighted by atomic mass is 9.91. The maximum atomic E-state index is 11.8. The highest BCUT2D eigenvalue weighted by atomic mass is 16.6. The van der Waals surface area contributed by atoms with Crippen molar-refractivity contribution in [1.29, 1.82) is 0 Å². The van der Waals surface area contributed by atoms with Crippen molar-refractivity contribution in [3.8, 4) is 0 Å². The van der Waals surface area contributed by atoms with Gasteiger partial charge in [0, 0.05) is 24.4 Å². The summed E-state index contributed by atoms with van der Waals surface area (Å²) < 4.78 is 5.94. The maximum absolute atomic E-state index is 11.8. The molecule has 0 bridgehead atoms. The number of ether oxygens (including phenoxy) is 1. The van der Waals surface area contributed by atoms with Crippen molar-refractivity contribution in [3.05, 3.63) is 57.1 Å². The molecule has 1 aromatic rings. The highest BCUT2D eigenvalue weighted by Crippen LogP contribution is 2.36. The zero-order chi connectivity index (χ0) is 18.9. The Bertz CT molecular complexity index is 784. The number of H-pyrrole nitrogens is 1. The van der Waals surface area contributed by atoms with Crippen LogP contribution in [0.3, 0.4) is 0 Å². The summed E-state index contributed by atoms with van der Waals surface area (Å²) in [6.07, 6.45) is -5.48. The molecule has 0 amide bonds. The lowest BCUT2D eigenvalue weighted by Crippen LogP contribution is -2.47. The fraction of sp³-hybridized carbons (Fsp3) is 0.385. The summed E-state index contributed by atoms with van der Waals surface area (Å²) in [4.78, 5) is 24.8. The molecule has 8 N–H and O–H groups in total. The van der Waals surface area contributed by atoms with Crippen molar-refractivity contribution in [1.82, 2.24) is 9.55 Å². The molecule has 0 aliphatic carbocycles. The second-order valence-corrected chi connectivity index (χ2v) is 5.34. The van der Waals surface area contributed by atoms with Gasteiger partial charge >= 0.3 is 5.69 Å². The second kappa shape index (κ2) is 6.60. The molecule has 0 saturated carbocycles. The molecule has 12 heteroatoms. The highest BCUT2D eigenvalue weighted by molar-refractivity contribution is 5.21. The smallest absolute Gasteiger partial charge is 0.330 e. The summed E-state index contributed by atoms with van der Waals surface area (Å²) in [7, 11) is 0. The predicted molar refractivity (Wildman–Crippen MR) is 78.9 cm³/mol. The van der Waals surface area contributed by atoms with Gasteiger partial charge in [-0.3, -0.25) is 14.3 Å². The van der Waals surface area contributed by atoms with Gasteiger partial charge in [-0.1, -0.05) is 0 Å². The van der Waals surface area contributed by atoms with E-state index in [0.717, 1.165) is 16.8 Å². The maximum Gasteiger partial charge on any atom is 0.330 e. The lowest BCUT2D eigenvalue weighted by Gasteiger charge is -2.28. The standard InChI is InChI=1S/C13H16N2O10/c16-5-1-2-15(12(23)14-5)11-9(22)8(21)10(25-11)13(24,3-6(17)18)4-7(19)20/h1-4,8-11,17-22,24H,(H,14,16,23)/t8-,9+,10-,11+/m0/s1. The summed E-state index contributed by atoms with van der Waals surface area (Å²) >= 11 is 0. The first-order valence-electron chi connectivity index (χ1n) is 6.82. The lowest BCUT2D eigenvalue weighted by molar-refractivity contribution is -0.103. The Kier molecular flexibility index (Phi) is 4.89. The predicted octanol–water partition coefficient (Wildman–Crippen LogP) is -2.20. The molecule has 1 aliphatic rings. The highest BCUT2D eigenvalue weighted by Gasteiger charge is 2.53. The van der Waals surface area contributed by atoms with E-state index >= 15 is 0 Å². The quantitative estimate of drug-likeness (QED) is 0.272. The van der Waals surface area contributed by atoms with Crippen molar-refractivity contribution in [2.45, 2.75) is 30.1 Å². The summed E-state index contributed by atoms with van der Waals surface area (Å²) in [5, 5.41) is 66.3. The van der Waals surface area contributed by atoms with Gasteiger partial charge in [0.05, 0.1) is 0 Å². The van der Waals surface area contributed by atoms with Crippen molar-refractivity contribution in [2.24, 2.45) is 0 Å². The van der Waals surface area contributed by atoms with Gasteiger partial charge in [0.25, 0.3) is 17.4 Å². The van der Waals surface area contributed by atoms with Crippen LogP contribution in [0.15, 0.2) is 45.9 Å². The van der Waals surface area contributed by atoms with Gasteiger partial charge in [0.2, 0.25) is 0 Å². The average molecular weight is 360 g/mol. The minimum Gasteiger partial charge on any atom is -0.481 e. The molecule has 4 atom stereocenters. The van der Waals surface area contributed by atoms with Crippen molar-refractivity contribution in [3.63, 3.8) is 0 Å². The van der Waals surface area contributed by atoms with E-state index in [0.29, 0.717) is 12.2 Å². The third-order valence-corrected chi connectivity index (χ3v) is 3.54. The SMILES string of the molecule is O=c1ccn([C@@H]2O[C@H](C(O)(C=C(O)O)C=C(O)O)[C@@H](O)[C@H]2O)c(=O)[nH]1. The van der Waals surface area contributed by atoms with Crippen LogP contribution in [0.5, 0.6) is 0 Å². The molecule has 1 aromatic heterocycles. The topological polar surface area (TPSA) is 206 Å². The van der Waals surface area contributed by atoms with Gasteiger partial charge in [0.1, 0.15) is 23.9 Å². The number of rotatable bonds is 4. The number of nitrogens with zero attached hydrogens (tertiary/aromatic N) is 1. The molecule has 138 valence electrons. The monoisotopic (exact) mass is 360 g/mol. The first-order valence-corrected chi connectivity index (χ1v) is 6.82. The van der Waals surface area contributed by atoms with Crippen LogP contribution in [0.1, 0.15) is 6.23 Å². The van der Waals surface area contributed by atoms with Crippen LogP contribution >= 0.6 is 0 Å². The van der Waals surface area contributed by atoms with Crippen LogP contribution in [-0.2, 0) is 4.74 Å². The average Bonchev–Trinajstić information content (AvgIpc) is 2.74. The third-order valence-electron chi connectivity index (χ3n) is 3.54. The molecule has 0 spiro atoms. The van der Waals surface area contributed by atoms with Gasteiger partial charge in [-0.15, -0.1) is 0 Å². The number of hydrogen-bond acceptors (Lipinski definition) is 10. The zero-order valence-corrected chi connectivity index (χ0v) is 12.4. The third kappa shape index (κ3) is 3.66. The fourth-order valence-corrected chi connectivity index (χ4v) is 2.52. The van der Waals surface area contributed by atoms with E-state index < -0.39 is 53.3 Å². The number of aromatic amines is 1. The molecule has 25 heavy (non-hydrogen) atoms. The van der Waals surface area contributed by atoms with Gasteiger partial charge in [-0.2, -0.15) is 0 Å². The molecular weight excluding hydrogens is 344 g/mol. The normalized spacial score (nSPS) is 26.2. The van der Waals surface area contributed by atoms with Crippen LogP contribution in [-0.4, -0.2) is 69.2 Å². The van der Waals surface area contributed by atoms with E-state index in [1.165, 1.54) is 0 Å². The second-order valence-electron chi connectivity index (χ2n) is 5.34. The van der Waals surface area contributed by atoms with Crippen LogP contribution < -0.4 is 11.2 Å². The molecule has 2 rings (SSSR count). The fourth-order valence-electron chi connectivity index (χ4n) is 2.52. The number of nitrogens with one attached hydrogen (secondary N) is 1. The molecule has 0 aromatic carbocycles. The van der Waals surface area contributed by atoms with E-state index in [-0.39, 0.29) is 0 Å². The first kappa shape index (κ1) is 18.5. The first-order chi connectivity index (χ1) is 11.5. The number of hydrogen-bond donors (Lipinski definition) is 8. The Hall–Kier alpha value is -2.80. The van der Waals surface area contributed by atoms with Gasteiger partial charge in [0.15, 0.2) is 6.23 Å². The Balaban J connectivity index is 2.47. The van der Waals surface area contributed by atoms with Crippen molar-refractivity contribution >= 4 is 0 Å². The van der Waals surface area contributed by atoms with E-state index in [9.17, 15) is 24.9 Å². The summed E-state index contributed by atoms with van der Waals surface area (Å²) in [5.41, 5.74) is -4.36. The van der Waals surface area contributed by atoms with Crippen LogP contribution in [0, 0.1) is 0 Å². The summed E-state index contributed by atoms with van der Waals surface area (Å²) in [6, 6.07) is 0.947. The molecule has 1 fully saturated rings. The minimum atomic E-state index is -2.67. The van der Waals surface area contributed by atoms with Gasteiger partial charge in [-0.05, 0) is 0 Å². The van der Waals surface area contributed by atoms with Crippen molar-refractivity contribution in [2.75, 3.05) is 0 Å². The Morgan fingerprint density at radius 1 is 1.12 bits per heavy atom. The van der Waals surface area contributed by atoms with Gasteiger partial charge < -0.3 is 40.5 Å². The molecule has 0 unspecified atom stereocenters. The molecular formula is C13H16N2O10. The molecule has 1 aliphatic heterocycles. The van der Waals surface area contributed by atoms with E-state index in [4.69, 9.17) is 25.2 Å². The number of aliphatic hydroxyl groups excluding tert-OH is 4. The largest absolute Gasteiger partial charge is 0.481 e. The summed E-state index contributed by atoms with van der Waals surface area (Å²) in [5.74, 6) is -2.87. The van der Waals surface area contributed by atoms with Crippen LogP contribution in [0.4, 0.5) is 0 Å². The molecule has 1 saturated heterocycles. The van der Waals surface area contributed by atoms with Crippen LogP contribution in [0.25, 0.3) is 0 Å². The Morgan fingerprint density at radius 2 is 1.68 bits per heavy atom. The summed E-state index contributed by atoms with van der Waals surface area (Å²) in [6.45, 7) is 0. The zero-order valence-electron chi connectivity index (χ0n) is 12.4. The van der Waals surface area contributed by atoms with E-state index in [1.807, 2.05) is 4.98 Å². The van der Waals surface area contributed by atoms with Crippen LogP contribution in [0.2, 0.25) is 0 Å². The Labute approximate surface area is 138 Å². The molecule has 12 nitrogen and oxygen atoms in total. The van der Waals surface area contributed by atoms with E-state index in [1.54, 1.807) is 0 Å². The molecule has 2 heterocycles. The van der Waals surface area contributed by atoms with E-state index in [2.05, 4.69) is 0 Å². The Morgan fingerprint density at radius 3 is 2.16 bits per heavy atom. The van der Waals surface area contributed by atoms with Gasteiger partial charge in [-0.25, -0.2) is 4.79 Å². The minimum absolute atomic E-state index is 0.318. The number of aromatic nitrogens is 2. The number of aliphatic hydroxyl groups is 7. The molecule has 0 radical (unpaired) electrons.